The molecular weight excluding hydrogens is 215 g/mol. The lowest BCUT2D eigenvalue weighted by atomic mass is 9.81. The maximum atomic E-state index is 8.93. The third-order valence-corrected chi connectivity index (χ3v) is 3.67. The number of hydrogen-bond donors (Lipinski definition) is 0. The van der Waals surface area contributed by atoms with Gasteiger partial charge in [-0.3, -0.25) is 0 Å². The topological polar surface area (TPSA) is 47.2 Å². The van der Waals surface area contributed by atoms with Crippen LogP contribution < -0.4 is 5.46 Å². The Morgan fingerprint density at radius 3 is 2.18 bits per heavy atom. The van der Waals surface area contributed by atoms with Gasteiger partial charge < -0.3 is 13.9 Å². The van der Waals surface area contributed by atoms with E-state index in [4.69, 9.17) is 14.6 Å². The zero-order chi connectivity index (χ0) is 12.8. The van der Waals surface area contributed by atoms with Gasteiger partial charge in [-0.2, -0.15) is 5.26 Å². The molecule has 2 rings (SSSR count). The molecule has 0 saturated carbocycles. The smallest absolute Gasteiger partial charge is 0.399 e. The molecular formula is C12H17BN2O2. The second-order valence-corrected chi connectivity index (χ2v) is 5.47. The van der Waals surface area contributed by atoms with E-state index in [0.29, 0.717) is 5.69 Å². The van der Waals surface area contributed by atoms with Gasteiger partial charge in [-0.15, -0.1) is 0 Å². The molecule has 0 aromatic carbocycles. The molecule has 1 fully saturated rings. The highest BCUT2D eigenvalue weighted by atomic mass is 16.7. The van der Waals surface area contributed by atoms with Crippen LogP contribution in [0.25, 0.3) is 0 Å². The fourth-order valence-electron chi connectivity index (χ4n) is 1.81. The van der Waals surface area contributed by atoms with Gasteiger partial charge >= 0.3 is 7.12 Å². The summed E-state index contributed by atoms with van der Waals surface area (Å²) in [5.74, 6) is 0. The molecule has 0 bridgehead atoms. The Kier molecular flexibility index (Phi) is 2.60. The van der Waals surface area contributed by atoms with Gasteiger partial charge in [0.2, 0.25) is 0 Å². The van der Waals surface area contributed by atoms with Crippen molar-refractivity contribution < 1.29 is 9.31 Å². The summed E-state index contributed by atoms with van der Waals surface area (Å²) in [5, 5.41) is 8.93. The minimum absolute atomic E-state index is 0.347. The lowest BCUT2D eigenvalue weighted by Gasteiger charge is -2.32. The van der Waals surface area contributed by atoms with E-state index >= 15 is 0 Å². The summed E-state index contributed by atoms with van der Waals surface area (Å²) in [6.45, 7) is 8.06. The van der Waals surface area contributed by atoms with Crippen molar-refractivity contribution in [1.29, 1.82) is 5.26 Å². The van der Waals surface area contributed by atoms with Crippen molar-refractivity contribution in [2.75, 3.05) is 0 Å². The third-order valence-electron chi connectivity index (χ3n) is 3.67. The van der Waals surface area contributed by atoms with Crippen LogP contribution in [0.5, 0.6) is 0 Å². The normalized spacial score (nSPS) is 21.5. The highest BCUT2D eigenvalue weighted by Crippen LogP contribution is 2.36. The molecule has 1 saturated heterocycles. The summed E-state index contributed by atoms with van der Waals surface area (Å²) in [6, 6.07) is 3.94. The van der Waals surface area contributed by atoms with Gasteiger partial charge in [0.15, 0.2) is 0 Å². The maximum absolute atomic E-state index is 8.93. The van der Waals surface area contributed by atoms with E-state index in [1.54, 1.807) is 4.57 Å². The fraction of sp³-hybridized carbons (Fsp3) is 0.583. The number of nitrogens with zero attached hydrogens (tertiary/aromatic N) is 2. The molecule has 0 unspecified atom stereocenters. The van der Waals surface area contributed by atoms with Crippen LogP contribution in [-0.4, -0.2) is 22.9 Å². The molecule has 0 amide bonds. The van der Waals surface area contributed by atoms with Crippen LogP contribution in [-0.2, 0) is 16.4 Å². The van der Waals surface area contributed by atoms with Crippen molar-refractivity contribution in [3.63, 3.8) is 0 Å². The molecule has 0 aliphatic carbocycles. The van der Waals surface area contributed by atoms with Crippen molar-refractivity contribution in [2.24, 2.45) is 7.05 Å². The van der Waals surface area contributed by atoms with E-state index in [1.165, 1.54) is 0 Å². The first-order valence-electron chi connectivity index (χ1n) is 5.69. The molecule has 0 radical (unpaired) electrons. The lowest BCUT2D eigenvalue weighted by molar-refractivity contribution is 0.00578. The minimum Gasteiger partial charge on any atom is -0.399 e. The van der Waals surface area contributed by atoms with Crippen LogP contribution >= 0.6 is 0 Å². The van der Waals surface area contributed by atoms with Crippen molar-refractivity contribution in [3.8, 4) is 6.07 Å². The SMILES string of the molecule is Cn1cc(B2OC(C)(C)C(C)(C)O2)cc1C#N. The van der Waals surface area contributed by atoms with Crippen molar-refractivity contribution in [1.82, 2.24) is 4.57 Å². The van der Waals surface area contributed by atoms with Crippen LogP contribution in [0.2, 0.25) is 0 Å². The summed E-state index contributed by atoms with van der Waals surface area (Å²) in [4.78, 5) is 0. The maximum Gasteiger partial charge on any atom is 0.496 e. The quantitative estimate of drug-likeness (QED) is 0.683. The van der Waals surface area contributed by atoms with Crippen molar-refractivity contribution in [3.05, 3.63) is 18.0 Å². The average molecular weight is 232 g/mol. The third kappa shape index (κ3) is 1.88. The van der Waals surface area contributed by atoms with Crippen LogP contribution in [0.1, 0.15) is 33.4 Å². The molecule has 0 N–H and O–H groups in total. The highest BCUT2D eigenvalue weighted by molar-refractivity contribution is 6.62. The Hall–Kier alpha value is -1.25. The Morgan fingerprint density at radius 2 is 1.76 bits per heavy atom. The Balaban J connectivity index is 2.30. The first-order chi connectivity index (χ1) is 7.77. The molecule has 1 aliphatic heterocycles. The van der Waals surface area contributed by atoms with Crippen LogP contribution in [0.3, 0.4) is 0 Å². The summed E-state index contributed by atoms with van der Waals surface area (Å²) >= 11 is 0. The van der Waals surface area contributed by atoms with Gasteiger partial charge in [0, 0.05) is 18.7 Å². The molecule has 1 aliphatic rings. The summed E-state index contributed by atoms with van der Waals surface area (Å²) in [7, 11) is 1.45. The van der Waals surface area contributed by atoms with E-state index < -0.39 is 7.12 Å². The van der Waals surface area contributed by atoms with Crippen molar-refractivity contribution >= 4 is 12.6 Å². The Bertz CT molecular complexity index is 469. The van der Waals surface area contributed by atoms with Gasteiger partial charge in [0.1, 0.15) is 11.8 Å². The van der Waals surface area contributed by atoms with Crippen LogP contribution in [0.15, 0.2) is 12.3 Å². The number of aryl methyl sites for hydroxylation is 1. The van der Waals surface area contributed by atoms with Gasteiger partial charge in [-0.1, -0.05) is 0 Å². The minimum atomic E-state index is -0.395. The highest BCUT2D eigenvalue weighted by Gasteiger charge is 2.52. The Labute approximate surface area is 102 Å². The predicted molar refractivity (Wildman–Crippen MR) is 65.8 cm³/mol. The van der Waals surface area contributed by atoms with Gasteiger partial charge in [-0.25, -0.2) is 0 Å². The zero-order valence-corrected chi connectivity index (χ0v) is 10.9. The molecule has 5 heteroatoms. The largest absolute Gasteiger partial charge is 0.496 e. The number of aromatic nitrogens is 1. The standard InChI is InChI=1S/C12H17BN2O2/c1-11(2)12(3,4)17-13(16-11)9-6-10(7-14)15(5)8-9/h6,8H,1-5H3. The summed E-state index contributed by atoms with van der Waals surface area (Å²) < 4.78 is 13.6. The number of rotatable bonds is 1. The Morgan fingerprint density at radius 1 is 1.24 bits per heavy atom. The van der Waals surface area contributed by atoms with Gasteiger partial charge in [0.05, 0.1) is 11.2 Å². The fourth-order valence-corrected chi connectivity index (χ4v) is 1.81. The van der Waals surface area contributed by atoms with E-state index in [9.17, 15) is 0 Å². The summed E-state index contributed by atoms with van der Waals surface area (Å²) in [5.41, 5.74) is 0.804. The van der Waals surface area contributed by atoms with Crippen LogP contribution in [0.4, 0.5) is 0 Å². The molecule has 17 heavy (non-hydrogen) atoms. The second kappa shape index (κ2) is 3.62. The van der Waals surface area contributed by atoms with E-state index in [0.717, 1.165) is 5.46 Å². The molecule has 0 atom stereocenters. The second-order valence-electron chi connectivity index (χ2n) is 5.47. The van der Waals surface area contributed by atoms with Gasteiger partial charge in [-0.05, 0) is 33.8 Å². The first-order valence-corrected chi connectivity index (χ1v) is 5.69. The monoisotopic (exact) mass is 232 g/mol. The number of nitriles is 1. The van der Waals surface area contributed by atoms with Gasteiger partial charge in [0.25, 0.3) is 0 Å². The molecule has 2 heterocycles. The lowest BCUT2D eigenvalue weighted by Crippen LogP contribution is -2.41. The van der Waals surface area contributed by atoms with Crippen LogP contribution in [0, 0.1) is 11.3 Å². The van der Waals surface area contributed by atoms with E-state index in [-0.39, 0.29) is 11.2 Å². The first kappa shape index (κ1) is 12.2. The molecule has 4 nitrogen and oxygen atoms in total. The number of hydrogen-bond acceptors (Lipinski definition) is 3. The molecule has 1 aromatic rings. The summed E-state index contributed by atoms with van der Waals surface area (Å²) in [6.07, 6.45) is 1.88. The average Bonchev–Trinajstić information content (AvgIpc) is 2.66. The van der Waals surface area contributed by atoms with E-state index in [2.05, 4.69) is 6.07 Å². The molecule has 0 spiro atoms. The predicted octanol–water partition coefficient (Wildman–Crippen LogP) is 1.20. The molecule has 90 valence electrons. The molecule has 1 aromatic heterocycles. The van der Waals surface area contributed by atoms with E-state index in [1.807, 2.05) is 47.0 Å². The zero-order valence-electron chi connectivity index (χ0n) is 10.9. The van der Waals surface area contributed by atoms with Crippen molar-refractivity contribution in [2.45, 2.75) is 38.9 Å².